The van der Waals surface area contributed by atoms with Crippen molar-refractivity contribution >= 4 is 11.8 Å². The van der Waals surface area contributed by atoms with Crippen LogP contribution in [0.2, 0.25) is 0 Å². The zero-order chi connectivity index (χ0) is 16.4. The molecule has 0 aliphatic carbocycles. The maximum atomic E-state index is 12.9. The molecule has 1 aromatic carbocycles. The smallest absolute Gasteiger partial charge is 0.273 e. The van der Waals surface area contributed by atoms with E-state index in [4.69, 9.17) is 4.52 Å². The van der Waals surface area contributed by atoms with Crippen molar-refractivity contribution in [2.24, 2.45) is 0 Å². The molecule has 2 amide bonds. The van der Waals surface area contributed by atoms with E-state index in [9.17, 15) is 14.0 Å². The fraction of sp³-hybridized carbons (Fsp3) is 0.312. The third-order valence-electron chi connectivity index (χ3n) is 3.70. The van der Waals surface area contributed by atoms with E-state index in [1.165, 1.54) is 12.1 Å². The number of nitrogens with zero attached hydrogens (tertiary/aromatic N) is 2. The minimum Gasteiger partial charge on any atom is -0.361 e. The van der Waals surface area contributed by atoms with Crippen LogP contribution in [0.3, 0.4) is 0 Å². The molecule has 2 heterocycles. The summed E-state index contributed by atoms with van der Waals surface area (Å²) in [5, 5.41) is 6.43. The van der Waals surface area contributed by atoms with Crippen molar-refractivity contribution in [3.8, 4) is 0 Å². The molecule has 1 atom stereocenters. The molecule has 1 N–H and O–H groups in total. The summed E-state index contributed by atoms with van der Waals surface area (Å²) in [4.78, 5) is 25.7. The number of aryl methyl sites for hydroxylation is 1. The summed E-state index contributed by atoms with van der Waals surface area (Å²) in [5.74, 6) is -0.163. The monoisotopic (exact) mass is 317 g/mol. The number of carbonyl (C=O) groups is 2. The van der Waals surface area contributed by atoms with Crippen LogP contribution < -0.4 is 5.32 Å². The van der Waals surface area contributed by atoms with Crippen LogP contribution in [0, 0.1) is 12.7 Å². The first kappa shape index (κ1) is 15.2. The fourth-order valence-corrected chi connectivity index (χ4v) is 2.56. The van der Waals surface area contributed by atoms with Crippen molar-refractivity contribution in [2.45, 2.75) is 25.9 Å². The number of hydrogen-bond acceptors (Lipinski definition) is 4. The molecular formula is C16H16FN3O3. The van der Waals surface area contributed by atoms with Gasteiger partial charge in [-0.15, -0.1) is 0 Å². The van der Waals surface area contributed by atoms with Gasteiger partial charge in [0, 0.05) is 25.6 Å². The van der Waals surface area contributed by atoms with Crippen LogP contribution in [0.25, 0.3) is 0 Å². The lowest BCUT2D eigenvalue weighted by Crippen LogP contribution is -2.37. The Kier molecular flexibility index (Phi) is 4.10. The van der Waals surface area contributed by atoms with Crippen molar-refractivity contribution < 1.29 is 18.5 Å². The largest absolute Gasteiger partial charge is 0.361 e. The molecule has 0 bridgehead atoms. The molecule has 3 rings (SSSR count). The van der Waals surface area contributed by atoms with Crippen molar-refractivity contribution in [1.82, 2.24) is 15.4 Å². The Morgan fingerprint density at radius 1 is 1.43 bits per heavy atom. The number of likely N-dealkylation sites (tertiary alicyclic amines) is 1. The number of rotatable bonds is 4. The molecule has 1 aliphatic heterocycles. The standard InChI is InChI=1S/C16H16FN3O3/c1-10-6-14(19-23-10)16(22)18-13-7-15(21)20(9-13)8-11-2-4-12(17)5-3-11/h2-6,13H,7-9H2,1H3,(H,18,22). The Bertz CT molecular complexity index is 726. The quantitative estimate of drug-likeness (QED) is 0.930. The van der Waals surface area contributed by atoms with Gasteiger partial charge in [-0.2, -0.15) is 0 Å². The highest BCUT2D eigenvalue weighted by atomic mass is 19.1. The zero-order valence-electron chi connectivity index (χ0n) is 12.6. The minimum atomic E-state index is -0.358. The van der Waals surface area contributed by atoms with Gasteiger partial charge >= 0.3 is 0 Å². The molecule has 120 valence electrons. The Morgan fingerprint density at radius 2 is 2.17 bits per heavy atom. The number of nitrogens with one attached hydrogen (secondary N) is 1. The first-order valence-electron chi connectivity index (χ1n) is 7.27. The van der Waals surface area contributed by atoms with Crippen LogP contribution in [-0.4, -0.2) is 34.5 Å². The predicted molar refractivity (Wildman–Crippen MR) is 78.9 cm³/mol. The van der Waals surface area contributed by atoms with E-state index in [0.717, 1.165) is 5.56 Å². The zero-order valence-corrected chi connectivity index (χ0v) is 12.6. The van der Waals surface area contributed by atoms with Gasteiger partial charge in [0.05, 0.1) is 6.04 Å². The average molecular weight is 317 g/mol. The van der Waals surface area contributed by atoms with Crippen molar-refractivity contribution in [2.75, 3.05) is 6.54 Å². The van der Waals surface area contributed by atoms with Crippen molar-refractivity contribution in [3.05, 3.63) is 53.2 Å². The first-order chi connectivity index (χ1) is 11.0. The molecule has 2 aromatic rings. The van der Waals surface area contributed by atoms with E-state index in [0.29, 0.717) is 18.8 Å². The summed E-state index contributed by atoms with van der Waals surface area (Å²) in [7, 11) is 0. The number of hydrogen-bond donors (Lipinski definition) is 1. The molecule has 6 nitrogen and oxygen atoms in total. The van der Waals surface area contributed by atoms with E-state index < -0.39 is 0 Å². The van der Waals surface area contributed by atoms with E-state index in [1.54, 1.807) is 30.0 Å². The van der Waals surface area contributed by atoms with Crippen LogP contribution >= 0.6 is 0 Å². The average Bonchev–Trinajstić information content (AvgIpc) is 3.08. The maximum absolute atomic E-state index is 12.9. The molecule has 0 spiro atoms. The Balaban J connectivity index is 1.58. The summed E-state index contributed by atoms with van der Waals surface area (Å²) in [5.41, 5.74) is 1.05. The van der Waals surface area contributed by atoms with E-state index in [1.807, 2.05) is 0 Å². The third kappa shape index (κ3) is 3.56. The van der Waals surface area contributed by atoms with Crippen LogP contribution in [0.5, 0.6) is 0 Å². The molecule has 0 radical (unpaired) electrons. The van der Waals surface area contributed by atoms with Gasteiger partial charge in [-0.25, -0.2) is 4.39 Å². The van der Waals surface area contributed by atoms with Gasteiger partial charge in [0.15, 0.2) is 5.69 Å². The summed E-state index contributed by atoms with van der Waals surface area (Å²) in [6.07, 6.45) is 0.240. The summed E-state index contributed by atoms with van der Waals surface area (Å²) >= 11 is 0. The lowest BCUT2D eigenvalue weighted by atomic mass is 10.2. The summed E-state index contributed by atoms with van der Waals surface area (Å²) in [6, 6.07) is 7.29. The molecule has 7 heteroatoms. The third-order valence-corrected chi connectivity index (χ3v) is 3.70. The highest BCUT2D eigenvalue weighted by Gasteiger charge is 2.31. The van der Waals surface area contributed by atoms with Crippen LogP contribution in [0.15, 0.2) is 34.9 Å². The lowest BCUT2D eigenvalue weighted by molar-refractivity contribution is -0.128. The van der Waals surface area contributed by atoms with E-state index >= 15 is 0 Å². The van der Waals surface area contributed by atoms with E-state index in [-0.39, 0.29) is 35.8 Å². The molecule has 1 saturated heterocycles. The van der Waals surface area contributed by atoms with Crippen LogP contribution in [0.1, 0.15) is 28.2 Å². The molecule has 0 saturated carbocycles. The van der Waals surface area contributed by atoms with Gasteiger partial charge in [0.1, 0.15) is 11.6 Å². The first-order valence-corrected chi connectivity index (χ1v) is 7.27. The summed E-state index contributed by atoms with van der Waals surface area (Å²) < 4.78 is 17.8. The highest BCUT2D eigenvalue weighted by molar-refractivity contribution is 5.93. The van der Waals surface area contributed by atoms with Gasteiger partial charge in [-0.3, -0.25) is 9.59 Å². The highest BCUT2D eigenvalue weighted by Crippen LogP contribution is 2.16. The van der Waals surface area contributed by atoms with Crippen LogP contribution in [0.4, 0.5) is 4.39 Å². The minimum absolute atomic E-state index is 0.0454. The van der Waals surface area contributed by atoms with Gasteiger partial charge < -0.3 is 14.7 Å². The molecule has 1 unspecified atom stereocenters. The molecule has 23 heavy (non-hydrogen) atoms. The lowest BCUT2D eigenvalue weighted by Gasteiger charge is -2.17. The molecule has 1 aliphatic rings. The van der Waals surface area contributed by atoms with Gasteiger partial charge in [-0.1, -0.05) is 17.3 Å². The Morgan fingerprint density at radius 3 is 2.83 bits per heavy atom. The number of aromatic nitrogens is 1. The number of carbonyl (C=O) groups excluding carboxylic acids is 2. The van der Waals surface area contributed by atoms with Crippen molar-refractivity contribution in [3.63, 3.8) is 0 Å². The van der Waals surface area contributed by atoms with Crippen molar-refractivity contribution in [1.29, 1.82) is 0 Å². The second-order valence-corrected chi connectivity index (χ2v) is 5.60. The predicted octanol–water partition coefficient (Wildman–Crippen LogP) is 1.65. The molecule has 1 fully saturated rings. The van der Waals surface area contributed by atoms with E-state index in [2.05, 4.69) is 10.5 Å². The SMILES string of the molecule is Cc1cc(C(=O)NC2CC(=O)N(Cc3ccc(F)cc3)C2)no1. The van der Waals surface area contributed by atoms with Gasteiger partial charge in [-0.05, 0) is 24.6 Å². The number of benzene rings is 1. The Labute approximate surface area is 132 Å². The maximum Gasteiger partial charge on any atom is 0.273 e. The number of halogens is 1. The van der Waals surface area contributed by atoms with Gasteiger partial charge in [0.25, 0.3) is 5.91 Å². The molecule has 1 aromatic heterocycles. The van der Waals surface area contributed by atoms with Crippen LogP contribution in [-0.2, 0) is 11.3 Å². The second-order valence-electron chi connectivity index (χ2n) is 5.60. The molecular weight excluding hydrogens is 301 g/mol. The Hall–Kier alpha value is -2.70. The normalized spacial score (nSPS) is 17.6. The number of amides is 2. The topological polar surface area (TPSA) is 75.4 Å². The fourth-order valence-electron chi connectivity index (χ4n) is 2.56. The summed E-state index contributed by atoms with van der Waals surface area (Å²) in [6.45, 7) is 2.51. The second kappa shape index (κ2) is 6.20. The van der Waals surface area contributed by atoms with Gasteiger partial charge in [0.2, 0.25) is 5.91 Å².